The van der Waals surface area contributed by atoms with Crippen LogP contribution >= 0.6 is 0 Å². The van der Waals surface area contributed by atoms with Gasteiger partial charge in [-0.2, -0.15) is 0 Å². The first-order chi connectivity index (χ1) is 13.1. The minimum absolute atomic E-state index is 0.239. The molecule has 2 heterocycles. The summed E-state index contributed by atoms with van der Waals surface area (Å²) < 4.78 is 10.7. The minimum atomic E-state index is -0.239. The van der Waals surface area contributed by atoms with E-state index in [1.165, 1.54) is 0 Å². The number of carbonyl (C=O) groups excluding carboxylic acids is 1. The molecule has 1 amide bonds. The third-order valence-electron chi connectivity index (χ3n) is 4.42. The fourth-order valence-electron chi connectivity index (χ4n) is 3.19. The second-order valence-electron chi connectivity index (χ2n) is 6.60. The number of nitrogens with zero attached hydrogens (tertiary/aromatic N) is 3. The molecular weight excluding hydrogens is 346 g/mol. The SMILES string of the molecule is CCNC(=NCc1cccnc1OCCOC)N1CCCC(CC(N)=O)C1. The monoisotopic (exact) mass is 377 g/mol. The molecule has 1 atom stereocenters. The van der Waals surface area contributed by atoms with Crippen LogP contribution in [0.1, 0.15) is 31.7 Å². The molecule has 0 aromatic carbocycles. The van der Waals surface area contributed by atoms with Gasteiger partial charge in [-0.25, -0.2) is 9.98 Å². The number of ether oxygens (including phenoxy) is 2. The van der Waals surface area contributed by atoms with Crippen LogP contribution in [0.5, 0.6) is 5.88 Å². The number of nitrogens with two attached hydrogens (primary N) is 1. The van der Waals surface area contributed by atoms with Crippen molar-refractivity contribution in [3.05, 3.63) is 23.9 Å². The molecule has 1 aliphatic rings. The summed E-state index contributed by atoms with van der Waals surface area (Å²) in [6.45, 7) is 5.96. The first-order valence-corrected chi connectivity index (χ1v) is 9.51. The Morgan fingerprint density at radius 3 is 3.07 bits per heavy atom. The van der Waals surface area contributed by atoms with Gasteiger partial charge in [0.05, 0.1) is 13.2 Å². The van der Waals surface area contributed by atoms with Gasteiger partial charge in [0.15, 0.2) is 5.96 Å². The Kier molecular flexibility index (Phi) is 8.83. The van der Waals surface area contributed by atoms with Crippen LogP contribution in [0.3, 0.4) is 0 Å². The maximum atomic E-state index is 11.3. The molecular formula is C19H31N5O3. The number of likely N-dealkylation sites (tertiary alicyclic amines) is 1. The molecule has 1 aliphatic heterocycles. The molecule has 150 valence electrons. The van der Waals surface area contributed by atoms with E-state index in [1.807, 2.05) is 19.1 Å². The van der Waals surface area contributed by atoms with E-state index in [2.05, 4.69) is 15.2 Å². The number of amides is 1. The van der Waals surface area contributed by atoms with Gasteiger partial charge in [-0.1, -0.05) is 6.07 Å². The van der Waals surface area contributed by atoms with Crippen molar-refractivity contribution in [2.75, 3.05) is 40.0 Å². The Morgan fingerprint density at radius 2 is 2.33 bits per heavy atom. The summed E-state index contributed by atoms with van der Waals surface area (Å²) in [5.41, 5.74) is 6.30. The highest BCUT2D eigenvalue weighted by Crippen LogP contribution is 2.20. The molecule has 2 rings (SSSR count). The number of hydrogen-bond acceptors (Lipinski definition) is 5. The summed E-state index contributed by atoms with van der Waals surface area (Å²) in [7, 11) is 1.64. The molecule has 0 spiro atoms. The number of methoxy groups -OCH3 is 1. The van der Waals surface area contributed by atoms with E-state index in [4.69, 9.17) is 20.2 Å². The number of aromatic nitrogens is 1. The predicted molar refractivity (Wildman–Crippen MR) is 105 cm³/mol. The second-order valence-corrected chi connectivity index (χ2v) is 6.60. The van der Waals surface area contributed by atoms with E-state index >= 15 is 0 Å². The van der Waals surface area contributed by atoms with Gasteiger partial charge in [-0.15, -0.1) is 0 Å². The molecule has 0 aliphatic carbocycles. The highest BCUT2D eigenvalue weighted by molar-refractivity contribution is 5.80. The zero-order valence-corrected chi connectivity index (χ0v) is 16.3. The van der Waals surface area contributed by atoms with E-state index in [1.54, 1.807) is 13.3 Å². The Labute approximate surface area is 161 Å². The summed E-state index contributed by atoms with van der Waals surface area (Å²) in [6, 6.07) is 3.85. The number of aliphatic imine (C=N–C) groups is 1. The van der Waals surface area contributed by atoms with Crippen LogP contribution in [0.25, 0.3) is 0 Å². The molecule has 1 aromatic rings. The quantitative estimate of drug-likeness (QED) is 0.380. The molecule has 8 nitrogen and oxygen atoms in total. The third kappa shape index (κ3) is 7.05. The third-order valence-corrected chi connectivity index (χ3v) is 4.42. The maximum Gasteiger partial charge on any atom is 0.218 e. The Balaban J connectivity index is 2.06. The lowest BCUT2D eigenvalue weighted by molar-refractivity contribution is -0.119. The van der Waals surface area contributed by atoms with Crippen molar-refractivity contribution in [1.82, 2.24) is 15.2 Å². The molecule has 1 aromatic heterocycles. The van der Waals surface area contributed by atoms with Crippen LogP contribution in [0, 0.1) is 5.92 Å². The Bertz CT molecular complexity index is 623. The van der Waals surface area contributed by atoms with Gasteiger partial charge in [-0.05, 0) is 31.7 Å². The number of nitrogens with one attached hydrogen (secondary N) is 1. The Hall–Kier alpha value is -2.35. The van der Waals surface area contributed by atoms with Gasteiger partial charge in [0.1, 0.15) is 6.61 Å². The van der Waals surface area contributed by atoms with Crippen molar-refractivity contribution in [1.29, 1.82) is 0 Å². The summed E-state index contributed by atoms with van der Waals surface area (Å²) >= 11 is 0. The number of hydrogen-bond donors (Lipinski definition) is 2. The average Bonchev–Trinajstić information content (AvgIpc) is 2.66. The van der Waals surface area contributed by atoms with Crippen LogP contribution in [0.4, 0.5) is 0 Å². The lowest BCUT2D eigenvalue weighted by atomic mass is 9.95. The van der Waals surface area contributed by atoms with E-state index in [-0.39, 0.29) is 11.8 Å². The van der Waals surface area contributed by atoms with Crippen LogP contribution < -0.4 is 15.8 Å². The highest BCUT2D eigenvalue weighted by atomic mass is 16.5. The van der Waals surface area contributed by atoms with E-state index in [0.29, 0.717) is 32.1 Å². The molecule has 0 bridgehead atoms. The second kappa shape index (κ2) is 11.4. The minimum Gasteiger partial charge on any atom is -0.475 e. The number of guanidine groups is 1. The number of primary amides is 1. The standard InChI is InChI=1S/C19H31N5O3/c1-3-21-19(24-9-5-6-15(14-24)12-17(20)25)23-13-16-7-4-8-22-18(16)27-11-10-26-2/h4,7-8,15H,3,5-6,9-14H2,1-2H3,(H2,20,25)(H,21,23). The van der Waals surface area contributed by atoms with E-state index in [0.717, 1.165) is 44.0 Å². The summed E-state index contributed by atoms with van der Waals surface area (Å²) in [6.07, 6.45) is 4.19. The molecule has 3 N–H and O–H groups in total. The molecule has 1 fully saturated rings. The van der Waals surface area contributed by atoms with Gasteiger partial charge in [0.2, 0.25) is 11.8 Å². The number of rotatable bonds is 9. The molecule has 27 heavy (non-hydrogen) atoms. The van der Waals surface area contributed by atoms with Gasteiger partial charge >= 0.3 is 0 Å². The fourth-order valence-corrected chi connectivity index (χ4v) is 3.19. The van der Waals surface area contributed by atoms with Crippen molar-refractivity contribution in [2.24, 2.45) is 16.6 Å². The van der Waals surface area contributed by atoms with Crippen LogP contribution in [0.2, 0.25) is 0 Å². The molecule has 1 saturated heterocycles. The smallest absolute Gasteiger partial charge is 0.218 e. The summed E-state index contributed by atoms with van der Waals surface area (Å²) in [5.74, 6) is 1.47. The maximum absolute atomic E-state index is 11.3. The van der Waals surface area contributed by atoms with Gasteiger partial charge in [0.25, 0.3) is 0 Å². The summed E-state index contributed by atoms with van der Waals surface area (Å²) in [5, 5.41) is 3.35. The summed E-state index contributed by atoms with van der Waals surface area (Å²) in [4.78, 5) is 22.5. The zero-order valence-electron chi connectivity index (χ0n) is 16.3. The predicted octanol–water partition coefficient (Wildman–Crippen LogP) is 1.16. The average molecular weight is 377 g/mol. The van der Waals surface area contributed by atoms with Gasteiger partial charge < -0.3 is 25.4 Å². The van der Waals surface area contributed by atoms with Crippen molar-refractivity contribution >= 4 is 11.9 Å². The molecule has 8 heteroatoms. The fraction of sp³-hybridized carbons (Fsp3) is 0.632. The van der Waals surface area contributed by atoms with Crippen molar-refractivity contribution in [2.45, 2.75) is 32.7 Å². The van der Waals surface area contributed by atoms with Crippen molar-refractivity contribution < 1.29 is 14.3 Å². The molecule has 1 unspecified atom stereocenters. The van der Waals surface area contributed by atoms with Gasteiger partial charge in [0, 0.05) is 44.9 Å². The van der Waals surface area contributed by atoms with E-state index in [9.17, 15) is 4.79 Å². The van der Waals surface area contributed by atoms with Crippen molar-refractivity contribution in [3.8, 4) is 5.88 Å². The van der Waals surface area contributed by atoms with Crippen LogP contribution in [-0.4, -0.2) is 61.7 Å². The van der Waals surface area contributed by atoms with Gasteiger partial charge in [-0.3, -0.25) is 4.79 Å². The lowest BCUT2D eigenvalue weighted by Crippen LogP contribution is -2.47. The largest absolute Gasteiger partial charge is 0.475 e. The van der Waals surface area contributed by atoms with Crippen LogP contribution in [-0.2, 0) is 16.1 Å². The first-order valence-electron chi connectivity index (χ1n) is 9.51. The number of piperidine rings is 1. The number of carbonyl (C=O) groups is 1. The van der Waals surface area contributed by atoms with Crippen LogP contribution in [0.15, 0.2) is 23.3 Å². The Morgan fingerprint density at radius 1 is 1.48 bits per heavy atom. The van der Waals surface area contributed by atoms with Crippen molar-refractivity contribution in [3.63, 3.8) is 0 Å². The highest BCUT2D eigenvalue weighted by Gasteiger charge is 2.23. The van der Waals surface area contributed by atoms with E-state index < -0.39 is 0 Å². The topological polar surface area (TPSA) is 102 Å². The lowest BCUT2D eigenvalue weighted by Gasteiger charge is -2.34. The first kappa shape index (κ1) is 21.0. The zero-order chi connectivity index (χ0) is 19.5. The number of pyridine rings is 1. The molecule has 0 radical (unpaired) electrons. The molecule has 0 saturated carbocycles. The normalized spacial score (nSPS) is 17.6.